The number of nitrogens with one attached hydrogen (secondary N) is 1. The number of nitro groups is 1. The van der Waals surface area contributed by atoms with Gasteiger partial charge in [-0.3, -0.25) is 10.1 Å². The normalized spacial score (nSPS) is 9.62. The summed E-state index contributed by atoms with van der Waals surface area (Å²) in [6.07, 6.45) is 0. The molecule has 0 amide bonds. The molecule has 13 heavy (non-hydrogen) atoms. The molecule has 0 aliphatic rings. The number of nitrogen functional groups attached to an aromatic ring is 1. The molecule has 0 spiro atoms. The largest absolute Gasteiger partial charge is 0.378 e. The second kappa shape index (κ2) is 3.70. The Labute approximate surface area is 74.9 Å². The van der Waals surface area contributed by atoms with Crippen LogP contribution in [0.4, 0.5) is 17.3 Å². The molecule has 1 rings (SSSR count). The van der Waals surface area contributed by atoms with E-state index in [1.54, 1.807) is 13.5 Å². The van der Waals surface area contributed by atoms with E-state index in [1.807, 2.05) is 0 Å². The van der Waals surface area contributed by atoms with Gasteiger partial charge >= 0.3 is 5.69 Å². The summed E-state index contributed by atoms with van der Waals surface area (Å²) in [5, 5.41) is 13.1. The van der Waals surface area contributed by atoms with Gasteiger partial charge in [0, 0.05) is 12.6 Å². The molecule has 0 fully saturated rings. The van der Waals surface area contributed by atoms with Gasteiger partial charge in [0.2, 0.25) is 5.82 Å². The van der Waals surface area contributed by atoms with Gasteiger partial charge in [-0.2, -0.15) is 0 Å². The maximum atomic E-state index is 10.3. The summed E-state index contributed by atoms with van der Waals surface area (Å²) < 4.78 is 0. The smallest absolute Gasteiger partial charge is 0.311 e. The minimum absolute atomic E-state index is 0.0862. The third kappa shape index (κ3) is 2.05. The summed E-state index contributed by atoms with van der Waals surface area (Å²) in [4.78, 5) is 13.6. The predicted molar refractivity (Wildman–Crippen MR) is 48.9 cm³/mol. The average Bonchev–Trinajstić information content (AvgIpc) is 2.04. The van der Waals surface area contributed by atoms with Crippen LogP contribution in [0.1, 0.15) is 6.92 Å². The van der Waals surface area contributed by atoms with E-state index < -0.39 is 4.92 Å². The summed E-state index contributed by atoms with van der Waals surface area (Å²) >= 11 is 0. The van der Waals surface area contributed by atoms with Gasteiger partial charge in [0.25, 0.3) is 0 Å². The third-order valence-corrected chi connectivity index (χ3v) is 1.39. The zero-order valence-corrected chi connectivity index (χ0v) is 7.02. The quantitative estimate of drug-likeness (QED) is 0.539. The molecule has 0 saturated heterocycles. The van der Waals surface area contributed by atoms with Crippen LogP contribution in [0.2, 0.25) is 0 Å². The van der Waals surface area contributed by atoms with Crippen molar-refractivity contribution in [1.82, 2.24) is 4.98 Å². The molecule has 0 atom stereocenters. The van der Waals surface area contributed by atoms with E-state index in [0.717, 1.165) is 0 Å². The predicted octanol–water partition coefficient (Wildman–Crippen LogP) is 1.17. The number of rotatable bonds is 3. The second-order valence-electron chi connectivity index (χ2n) is 2.29. The van der Waals surface area contributed by atoms with Gasteiger partial charge in [-0.15, -0.1) is 0 Å². The van der Waals surface area contributed by atoms with Gasteiger partial charge in [-0.25, -0.2) is 4.98 Å². The Morgan fingerprint density at radius 3 is 2.85 bits per heavy atom. The van der Waals surface area contributed by atoms with Gasteiger partial charge in [-0.05, 0) is 13.0 Å². The molecule has 0 saturated carbocycles. The Bertz CT molecular complexity index is 326. The van der Waals surface area contributed by atoms with Gasteiger partial charge < -0.3 is 11.1 Å². The number of aromatic nitrogens is 1. The van der Waals surface area contributed by atoms with E-state index in [4.69, 9.17) is 5.73 Å². The maximum Gasteiger partial charge on any atom is 0.311 e. The highest BCUT2D eigenvalue weighted by Gasteiger charge is 2.11. The van der Waals surface area contributed by atoms with E-state index in [0.29, 0.717) is 5.82 Å². The van der Waals surface area contributed by atoms with E-state index in [2.05, 4.69) is 10.3 Å². The fraction of sp³-hybridized carbons (Fsp3) is 0.143. The summed E-state index contributed by atoms with van der Waals surface area (Å²) in [6.45, 7) is 3.44. The SMILES string of the molecule is C[CH]Nc1ccc([N+](=O)[O-])c(N)n1. The molecule has 0 aliphatic carbocycles. The topological polar surface area (TPSA) is 94.1 Å². The van der Waals surface area contributed by atoms with Crippen LogP contribution in [0.25, 0.3) is 0 Å². The lowest BCUT2D eigenvalue weighted by Gasteiger charge is -2.01. The Kier molecular flexibility index (Phi) is 2.63. The molecule has 1 radical (unpaired) electrons. The van der Waals surface area contributed by atoms with Crippen molar-refractivity contribution in [1.29, 1.82) is 0 Å². The average molecular weight is 181 g/mol. The van der Waals surface area contributed by atoms with Crippen molar-refractivity contribution < 1.29 is 4.92 Å². The van der Waals surface area contributed by atoms with E-state index in [-0.39, 0.29) is 11.5 Å². The lowest BCUT2D eigenvalue weighted by atomic mass is 10.4. The molecule has 0 aromatic carbocycles. The Morgan fingerprint density at radius 1 is 1.69 bits per heavy atom. The van der Waals surface area contributed by atoms with Crippen LogP contribution in [-0.2, 0) is 0 Å². The lowest BCUT2D eigenvalue weighted by molar-refractivity contribution is -0.384. The van der Waals surface area contributed by atoms with Crippen LogP contribution in [-0.4, -0.2) is 9.91 Å². The van der Waals surface area contributed by atoms with Crippen LogP contribution >= 0.6 is 0 Å². The summed E-state index contributed by atoms with van der Waals surface area (Å²) in [7, 11) is 0. The minimum Gasteiger partial charge on any atom is -0.378 e. The van der Waals surface area contributed by atoms with E-state index >= 15 is 0 Å². The molecular weight excluding hydrogens is 172 g/mol. The first-order chi connectivity index (χ1) is 6.15. The zero-order chi connectivity index (χ0) is 9.84. The standard InChI is InChI=1S/C7H9N4O2/c1-2-9-6-4-3-5(11(12)13)7(8)10-6/h2-4H,1H3,(H3,8,9,10). The first-order valence-corrected chi connectivity index (χ1v) is 3.60. The molecule has 1 aromatic heterocycles. The number of anilines is 2. The van der Waals surface area contributed by atoms with Crippen LogP contribution in [0.5, 0.6) is 0 Å². The second-order valence-corrected chi connectivity index (χ2v) is 2.29. The van der Waals surface area contributed by atoms with Gasteiger partial charge in [0.1, 0.15) is 5.82 Å². The van der Waals surface area contributed by atoms with E-state index in [9.17, 15) is 10.1 Å². The highest BCUT2D eigenvalue weighted by Crippen LogP contribution is 2.20. The van der Waals surface area contributed by atoms with Gasteiger partial charge in [0.05, 0.1) is 4.92 Å². The Balaban J connectivity index is 2.98. The van der Waals surface area contributed by atoms with Crippen molar-refractivity contribution in [2.24, 2.45) is 0 Å². The molecule has 1 heterocycles. The molecule has 3 N–H and O–H groups in total. The number of hydrogen-bond donors (Lipinski definition) is 2. The molecule has 6 heteroatoms. The van der Waals surface area contributed by atoms with Crippen LogP contribution in [0.3, 0.4) is 0 Å². The Morgan fingerprint density at radius 2 is 2.38 bits per heavy atom. The number of nitrogens with two attached hydrogens (primary N) is 1. The van der Waals surface area contributed by atoms with Crippen molar-refractivity contribution in [3.8, 4) is 0 Å². The monoisotopic (exact) mass is 181 g/mol. The van der Waals surface area contributed by atoms with Crippen molar-refractivity contribution in [3.63, 3.8) is 0 Å². The van der Waals surface area contributed by atoms with Gasteiger partial charge in [0.15, 0.2) is 0 Å². The van der Waals surface area contributed by atoms with Gasteiger partial charge in [-0.1, -0.05) is 0 Å². The number of hydrogen-bond acceptors (Lipinski definition) is 5. The van der Waals surface area contributed by atoms with Crippen LogP contribution in [0, 0.1) is 16.7 Å². The molecule has 6 nitrogen and oxygen atoms in total. The molecular formula is C7H9N4O2. The molecule has 0 bridgehead atoms. The Hall–Kier alpha value is -1.85. The first kappa shape index (κ1) is 9.24. The molecule has 69 valence electrons. The zero-order valence-electron chi connectivity index (χ0n) is 7.02. The minimum atomic E-state index is -0.568. The molecule has 0 unspecified atom stereocenters. The van der Waals surface area contributed by atoms with E-state index in [1.165, 1.54) is 12.1 Å². The maximum absolute atomic E-state index is 10.3. The highest BCUT2D eigenvalue weighted by molar-refractivity contribution is 5.57. The summed E-state index contributed by atoms with van der Waals surface area (Å²) in [6, 6.07) is 2.81. The number of nitrogens with zero attached hydrogens (tertiary/aromatic N) is 2. The molecule has 0 aliphatic heterocycles. The fourth-order valence-electron chi connectivity index (χ4n) is 0.850. The highest BCUT2D eigenvalue weighted by atomic mass is 16.6. The lowest BCUT2D eigenvalue weighted by Crippen LogP contribution is -2.01. The van der Waals surface area contributed by atoms with Crippen LogP contribution in [0.15, 0.2) is 12.1 Å². The molecule has 1 aromatic rings. The van der Waals surface area contributed by atoms with Crippen molar-refractivity contribution in [3.05, 3.63) is 28.8 Å². The van der Waals surface area contributed by atoms with Crippen molar-refractivity contribution in [2.45, 2.75) is 6.92 Å². The summed E-state index contributed by atoms with van der Waals surface area (Å²) in [5.41, 5.74) is 5.17. The van der Waals surface area contributed by atoms with Crippen molar-refractivity contribution >= 4 is 17.3 Å². The van der Waals surface area contributed by atoms with Crippen molar-refractivity contribution in [2.75, 3.05) is 11.1 Å². The third-order valence-electron chi connectivity index (χ3n) is 1.39. The summed E-state index contributed by atoms with van der Waals surface area (Å²) in [5.74, 6) is 0.405. The number of pyridine rings is 1. The first-order valence-electron chi connectivity index (χ1n) is 3.60. The van der Waals surface area contributed by atoms with Crippen LogP contribution < -0.4 is 11.1 Å². The fourth-order valence-corrected chi connectivity index (χ4v) is 0.850.